The molecule has 0 amide bonds. The molecule has 0 fully saturated rings. The van der Waals surface area contributed by atoms with Gasteiger partial charge in [-0.05, 0) is 65.6 Å². The standard InChI is InChI=1S/C32H33N3O3/c1-31(26-10-7-11-27(33)20-26)22-38-21-30(34-31)35-32(23-8-5-4-6-9-23,24-12-16-28(36-2)17-13-24)25-14-18-29(37-3)19-15-25/h4-20H,21-22,33H2,1-3H3,(H,34,35). The third-order valence-electron chi connectivity index (χ3n) is 7.10. The van der Waals surface area contributed by atoms with Gasteiger partial charge in [0.15, 0.2) is 0 Å². The number of benzene rings is 4. The minimum Gasteiger partial charge on any atom is -0.497 e. The van der Waals surface area contributed by atoms with E-state index in [1.165, 1.54) is 0 Å². The molecular weight excluding hydrogens is 474 g/mol. The third kappa shape index (κ3) is 4.83. The van der Waals surface area contributed by atoms with Crippen LogP contribution in [0.25, 0.3) is 0 Å². The molecule has 0 bridgehead atoms. The van der Waals surface area contributed by atoms with Gasteiger partial charge in [-0.2, -0.15) is 0 Å². The van der Waals surface area contributed by atoms with E-state index in [0.717, 1.165) is 39.6 Å². The lowest BCUT2D eigenvalue weighted by atomic mass is 9.76. The van der Waals surface area contributed by atoms with Gasteiger partial charge in [0.25, 0.3) is 0 Å². The predicted molar refractivity (Wildman–Crippen MR) is 152 cm³/mol. The van der Waals surface area contributed by atoms with Crippen LogP contribution in [0.3, 0.4) is 0 Å². The molecular formula is C32H33N3O3. The second-order valence-electron chi connectivity index (χ2n) is 9.65. The Morgan fingerprint density at radius 3 is 1.92 bits per heavy atom. The summed E-state index contributed by atoms with van der Waals surface area (Å²) in [5, 5.41) is 3.84. The SMILES string of the molecule is COc1ccc(C(NC2=NC(C)(c3cccc(N)c3)COC2)(c2ccccc2)c2ccc(OC)cc2)cc1. The van der Waals surface area contributed by atoms with Gasteiger partial charge in [-0.25, -0.2) is 0 Å². The van der Waals surface area contributed by atoms with E-state index in [9.17, 15) is 0 Å². The van der Waals surface area contributed by atoms with Crippen molar-refractivity contribution < 1.29 is 14.2 Å². The molecule has 1 aliphatic rings. The fourth-order valence-electron chi connectivity index (χ4n) is 5.10. The van der Waals surface area contributed by atoms with Gasteiger partial charge >= 0.3 is 0 Å². The molecule has 0 aromatic heterocycles. The number of hydrogen-bond donors (Lipinski definition) is 2. The minimum atomic E-state index is -0.768. The quantitative estimate of drug-likeness (QED) is 0.255. The first-order chi connectivity index (χ1) is 18.5. The number of nitrogen functional groups attached to an aromatic ring is 1. The van der Waals surface area contributed by atoms with Gasteiger partial charge in [-0.15, -0.1) is 0 Å². The summed E-state index contributed by atoms with van der Waals surface area (Å²) < 4.78 is 17.1. The van der Waals surface area contributed by atoms with Crippen molar-refractivity contribution in [1.29, 1.82) is 0 Å². The van der Waals surface area contributed by atoms with Crippen LogP contribution in [-0.4, -0.2) is 33.3 Å². The van der Waals surface area contributed by atoms with E-state index in [2.05, 4.69) is 60.8 Å². The fourth-order valence-corrected chi connectivity index (χ4v) is 5.10. The smallest absolute Gasteiger partial charge is 0.125 e. The fraction of sp³-hybridized carbons (Fsp3) is 0.219. The van der Waals surface area contributed by atoms with Gasteiger partial charge < -0.3 is 25.3 Å². The largest absolute Gasteiger partial charge is 0.497 e. The normalized spacial score (nSPS) is 17.4. The molecule has 6 nitrogen and oxygen atoms in total. The number of rotatable bonds is 7. The summed E-state index contributed by atoms with van der Waals surface area (Å²) in [6, 6.07) is 34.5. The van der Waals surface area contributed by atoms with Crippen molar-refractivity contribution in [2.24, 2.45) is 4.99 Å². The Morgan fingerprint density at radius 2 is 1.37 bits per heavy atom. The molecule has 1 unspecified atom stereocenters. The molecule has 5 rings (SSSR count). The number of methoxy groups -OCH3 is 2. The van der Waals surface area contributed by atoms with Crippen molar-refractivity contribution in [3.05, 3.63) is 125 Å². The van der Waals surface area contributed by atoms with E-state index in [-0.39, 0.29) is 0 Å². The van der Waals surface area contributed by atoms with Crippen LogP contribution in [0.15, 0.2) is 108 Å². The topological polar surface area (TPSA) is 78.1 Å². The van der Waals surface area contributed by atoms with E-state index >= 15 is 0 Å². The molecule has 3 N–H and O–H groups in total. The summed E-state index contributed by atoms with van der Waals surface area (Å²) in [6.45, 7) is 2.90. The van der Waals surface area contributed by atoms with Crippen molar-refractivity contribution in [1.82, 2.24) is 5.32 Å². The van der Waals surface area contributed by atoms with Crippen LogP contribution in [-0.2, 0) is 15.8 Å². The van der Waals surface area contributed by atoms with E-state index in [0.29, 0.717) is 18.9 Å². The Labute approximate surface area is 224 Å². The Bertz CT molecular complexity index is 1350. The molecule has 6 heteroatoms. The highest BCUT2D eigenvalue weighted by Gasteiger charge is 2.40. The van der Waals surface area contributed by atoms with Crippen LogP contribution >= 0.6 is 0 Å². The van der Waals surface area contributed by atoms with Gasteiger partial charge in [-0.3, -0.25) is 4.99 Å². The predicted octanol–water partition coefficient (Wildman–Crippen LogP) is 5.51. The van der Waals surface area contributed by atoms with Gasteiger partial charge in [0, 0.05) is 5.69 Å². The van der Waals surface area contributed by atoms with Crippen molar-refractivity contribution in [3.8, 4) is 11.5 Å². The molecule has 1 heterocycles. The Balaban J connectivity index is 1.70. The van der Waals surface area contributed by atoms with Crippen LogP contribution in [0, 0.1) is 0 Å². The highest BCUT2D eigenvalue weighted by molar-refractivity contribution is 5.87. The first-order valence-electron chi connectivity index (χ1n) is 12.6. The molecule has 4 aromatic carbocycles. The number of nitrogens with two attached hydrogens (primary N) is 1. The number of nitrogens with zero attached hydrogens (tertiary/aromatic N) is 1. The molecule has 194 valence electrons. The lowest BCUT2D eigenvalue weighted by Gasteiger charge is -2.40. The Hall–Kier alpha value is -4.29. The minimum absolute atomic E-state index is 0.360. The van der Waals surface area contributed by atoms with Crippen molar-refractivity contribution in [3.63, 3.8) is 0 Å². The van der Waals surface area contributed by atoms with Crippen LogP contribution < -0.4 is 20.5 Å². The van der Waals surface area contributed by atoms with Crippen molar-refractivity contribution >= 4 is 11.5 Å². The summed E-state index contributed by atoms with van der Waals surface area (Å²) in [7, 11) is 3.35. The van der Waals surface area contributed by atoms with E-state index < -0.39 is 11.1 Å². The van der Waals surface area contributed by atoms with Gasteiger partial charge in [0.2, 0.25) is 0 Å². The zero-order valence-electron chi connectivity index (χ0n) is 22.0. The lowest BCUT2D eigenvalue weighted by Crippen LogP contribution is -2.51. The average molecular weight is 508 g/mol. The zero-order valence-corrected chi connectivity index (χ0v) is 22.0. The molecule has 1 atom stereocenters. The molecule has 0 radical (unpaired) electrons. The van der Waals surface area contributed by atoms with Crippen molar-refractivity contribution in [2.45, 2.75) is 18.0 Å². The molecule has 0 aliphatic carbocycles. The molecule has 4 aromatic rings. The number of hydrogen-bond acceptors (Lipinski definition) is 6. The lowest BCUT2D eigenvalue weighted by molar-refractivity contribution is 0.103. The highest BCUT2D eigenvalue weighted by Crippen LogP contribution is 2.39. The second-order valence-corrected chi connectivity index (χ2v) is 9.65. The molecule has 0 saturated heterocycles. The Morgan fingerprint density at radius 1 is 0.789 bits per heavy atom. The molecule has 0 spiro atoms. The summed E-state index contributed by atoms with van der Waals surface area (Å²) in [5.74, 6) is 2.33. The third-order valence-corrected chi connectivity index (χ3v) is 7.10. The molecule has 38 heavy (non-hydrogen) atoms. The highest BCUT2D eigenvalue weighted by atomic mass is 16.5. The Kier molecular flexibility index (Phi) is 7.07. The van der Waals surface area contributed by atoms with Gasteiger partial charge in [0.1, 0.15) is 35.0 Å². The number of aliphatic imine (C=N–C) groups is 1. The van der Waals surface area contributed by atoms with Gasteiger partial charge in [-0.1, -0.05) is 66.7 Å². The van der Waals surface area contributed by atoms with Crippen LogP contribution in [0.1, 0.15) is 29.2 Å². The van der Waals surface area contributed by atoms with E-state index in [1.54, 1.807) is 14.2 Å². The van der Waals surface area contributed by atoms with Crippen LogP contribution in [0.5, 0.6) is 11.5 Å². The maximum atomic E-state index is 6.14. The molecule has 1 aliphatic heterocycles. The summed E-state index contributed by atoms with van der Waals surface area (Å²) in [5.41, 5.74) is 9.61. The number of anilines is 1. The summed E-state index contributed by atoms with van der Waals surface area (Å²) >= 11 is 0. The second kappa shape index (κ2) is 10.6. The average Bonchev–Trinajstić information content (AvgIpc) is 2.97. The van der Waals surface area contributed by atoms with Crippen LogP contribution in [0.4, 0.5) is 5.69 Å². The maximum absolute atomic E-state index is 6.14. The van der Waals surface area contributed by atoms with E-state index in [1.807, 2.05) is 54.6 Å². The number of nitrogens with one attached hydrogen (secondary N) is 1. The molecule has 0 saturated carbocycles. The zero-order chi connectivity index (χ0) is 26.6. The van der Waals surface area contributed by atoms with Crippen molar-refractivity contribution in [2.75, 3.05) is 33.2 Å². The maximum Gasteiger partial charge on any atom is 0.125 e. The first-order valence-corrected chi connectivity index (χ1v) is 12.6. The first kappa shape index (κ1) is 25.4. The number of ether oxygens (including phenoxy) is 3. The number of amidine groups is 1. The van der Waals surface area contributed by atoms with Gasteiger partial charge in [0.05, 0.1) is 20.8 Å². The summed E-state index contributed by atoms with van der Waals surface area (Å²) in [6.07, 6.45) is 0. The monoisotopic (exact) mass is 507 g/mol. The van der Waals surface area contributed by atoms with Crippen LogP contribution in [0.2, 0.25) is 0 Å². The summed E-state index contributed by atoms with van der Waals surface area (Å²) in [4.78, 5) is 5.23. The van der Waals surface area contributed by atoms with E-state index in [4.69, 9.17) is 24.9 Å².